The fourth-order valence-corrected chi connectivity index (χ4v) is 3.69. The minimum absolute atomic E-state index is 0.0576. The summed E-state index contributed by atoms with van der Waals surface area (Å²) in [7, 11) is 1.79. The highest BCUT2D eigenvalue weighted by Gasteiger charge is 2.23. The quantitative estimate of drug-likeness (QED) is 0.492. The van der Waals surface area contributed by atoms with Gasteiger partial charge in [0.15, 0.2) is 5.96 Å². The molecule has 0 saturated carbocycles. The predicted molar refractivity (Wildman–Crippen MR) is 113 cm³/mol. The molecule has 7 heteroatoms. The highest BCUT2D eigenvalue weighted by Crippen LogP contribution is 2.16. The van der Waals surface area contributed by atoms with Crippen LogP contribution < -0.4 is 16.0 Å². The van der Waals surface area contributed by atoms with Crippen molar-refractivity contribution < 1.29 is 9.53 Å². The van der Waals surface area contributed by atoms with E-state index in [1.54, 1.807) is 7.05 Å². The lowest BCUT2D eigenvalue weighted by molar-refractivity contribution is -0.124. The molecule has 2 heterocycles. The summed E-state index contributed by atoms with van der Waals surface area (Å²) in [6.07, 6.45) is 5.42. The van der Waals surface area contributed by atoms with Crippen LogP contribution in [0, 0.1) is 0 Å². The molecule has 0 aromatic heterocycles. The third kappa shape index (κ3) is 6.49. The average molecular weight is 388 g/mol. The van der Waals surface area contributed by atoms with E-state index in [9.17, 15) is 4.79 Å². The zero-order valence-electron chi connectivity index (χ0n) is 16.9. The van der Waals surface area contributed by atoms with Crippen LogP contribution in [-0.2, 0) is 16.1 Å². The van der Waals surface area contributed by atoms with Crippen molar-refractivity contribution in [3.63, 3.8) is 0 Å². The Labute approximate surface area is 167 Å². The number of amides is 1. The van der Waals surface area contributed by atoms with Gasteiger partial charge in [-0.2, -0.15) is 0 Å². The Hall–Kier alpha value is -2.12. The van der Waals surface area contributed by atoms with Gasteiger partial charge in [-0.1, -0.05) is 18.6 Å². The molecule has 7 nitrogen and oxygen atoms in total. The van der Waals surface area contributed by atoms with Gasteiger partial charge in [-0.15, -0.1) is 0 Å². The highest BCUT2D eigenvalue weighted by molar-refractivity contribution is 5.94. The first-order valence-corrected chi connectivity index (χ1v) is 10.4. The first kappa shape index (κ1) is 20.6. The topological polar surface area (TPSA) is 78.0 Å². The van der Waals surface area contributed by atoms with Gasteiger partial charge in [-0.25, -0.2) is 0 Å². The van der Waals surface area contributed by atoms with E-state index in [1.807, 2.05) is 24.3 Å². The molecule has 154 valence electrons. The van der Waals surface area contributed by atoms with Crippen molar-refractivity contribution in [2.45, 2.75) is 44.8 Å². The van der Waals surface area contributed by atoms with Gasteiger partial charge in [0.05, 0.1) is 0 Å². The molecule has 0 spiro atoms. The Kier molecular flexibility index (Phi) is 8.11. The monoisotopic (exact) mass is 387 g/mol. The number of nitrogens with one attached hydrogen (secondary N) is 3. The molecular formula is C21H33N5O2. The number of anilines is 1. The number of rotatable bonds is 7. The molecule has 1 amide bonds. The minimum Gasteiger partial charge on any atom is -0.368 e. The number of likely N-dealkylation sites (tertiary alicyclic amines) is 1. The van der Waals surface area contributed by atoms with Gasteiger partial charge in [-0.3, -0.25) is 9.79 Å². The number of ether oxygens (including phenoxy) is 1. The summed E-state index contributed by atoms with van der Waals surface area (Å²) < 4.78 is 5.44. The van der Waals surface area contributed by atoms with Crippen LogP contribution in [0.25, 0.3) is 0 Å². The Morgan fingerprint density at radius 1 is 1.21 bits per heavy atom. The molecule has 3 N–H and O–H groups in total. The van der Waals surface area contributed by atoms with E-state index in [1.165, 1.54) is 32.4 Å². The van der Waals surface area contributed by atoms with Crippen LogP contribution in [0.2, 0.25) is 0 Å². The van der Waals surface area contributed by atoms with E-state index >= 15 is 0 Å². The summed E-state index contributed by atoms with van der Waals surface area (Å²) in [5.41, 5.74) is 1.89. The lowest BCUT2D eigenvalue weighted by Gasteiger charge is -2.26. The second-order valence-electron chi connectivity index (χ2n) is 7.45. The zero-order chi connectivity index (χ0) is 19.6. The van der Waals surface area contributed by atoms with Crippen molar-refractivity contribution in [1.29, 1.82) is 0 Å². The van der Waals surface area contributed by atoms with Gasteiger partial charge in [0.25, 0.3) is 5.91 Å². The molecule has 1 aromatic carbocycles. The van der Waals surface area contributed by atoms with Gasteiger partial charge in [0, 0.05) is 39.0 Å². The maximum Gasteiger partial charge on any atom is 0.253 e. The van der Waals surface area contributed by atoms with Crippen LogP contribution in [-0.4, -0.2) is 62.7 Å². The smallest absolute Gasteiger partial charge is 0.253 e. The molecule has 0 radical (unpaired) electrons. The number of aliphatic imine (C=N–C) groups is 1. The van der Waals surface area contributed by atoms with Gasteiger partial charge in [0.1, 0.15) is 6.10 Å². The van der Waals surface area contributed by atoms with Gasteiger partial charge >= 0.3 is 0 Å². The van der Waals surface area contributed by atoms with Crippen molar-refractivity contribution in [3.8, 4) is 0 Å². The lowest BCUT2D eigenvalue weighted by Crippen LogP contribution is -2.42. The second-order valence-corrected chi connectivity index (χ2v) is 7.45. The molecule has 1 aromatic rings. The Morgan fingerprint density at radius 3 is 2.82 bits per heavy atom. The number of nitrogens with zero attached hydrogens (tertiary/aromatic N) is 2. The normalized spacial score (nSPS) is 20.8. The molecule has 28 heavy (non-hydrogen) atoms. The van der Waals surface area contributed by atoms with E-state index in [-0.39, 0.29) is 12.0 Å². The fraction of sp³-hybridized carbons (Fsp3) is 0.619. The van der Waals surface area contributed by atoms with Crippen molar-refractivity contribution in [2.24, 2.45) is 4.99 Å². The predicted octanol–water partition coefficient (Wildman–Crippen LogP) is 1.96. The van der Waals surface area contributed by atoms with Crippen LogP contribution in [0.3, 0.4) is 0 Å². The second kappa shape index (κ2) is 11.0. The Balaban J connectivity index is 1.41. The molecule has 3 rings (SSSR count). The molecule has 2 fully saturated rings. The van der Waals surface area contributed by atoms with E-state index in [0.717, 1.165) is 43.1 Å². The Bertz CT molecular complexity index is 652. The summed E-state index contributed by atoms with van der Waals surface area (Å²) in [4.78, 5) is 19.0. The first-order valence-electron chi connectivity index (χ1n) is 10.4. The van der Waals surface area contributed by atoms with Gasteiger partial charge in [0.2, 0.25) is 0 Å². The maximum atomic E-state index is 12.2. The van der Waals surface area contributed by atoms with Crippen LogP contribution in [0.4, 0.5) is 5.69 Å². The lowest BCUT2D eigenvalue weighted by atomic mass is 10.1. The summed E-state index contributed by atoms with van der Waals surface area (Å²) >= 11 is 0. The standard InChI is InChI=1S/C21H33N5O2/c1-22-21(23-10-13-26-11-3-2-4-12-26)24-16-17-7-5-8-18(15-17)25-20(27)19-9-6-14-28-19/h5,7-8,15,19H,2-4,6,9-14,16H2,1H3,(H,25,27)(H2,22,23,24). The fourth-order valence-electron chi connectivity index (χ4n) is 3.69. The molecule has 1 unspecified atom stereocenters. The summed E-state index contributed by atoms with van der Waals surface area (Å²) in [5, 5.41) is 9.68. The molecule has 1 atom stereocenters. The van der Waals surface area contributed by atoms with Crippen LogP contribution in [0.5, 0.6) is 0 Å². The molecule has 2 saturated heterocycles. The maximum absolute atomic E-state index is 12.2. The number of carbonyl (C=O) groups excluding carboxylic acids is 1. The van der Waals surface area contributed by atoms with Crippen molar-refractivity contribution >= 4 is 17.6 Å². The Morgan fingerprint density at radius 2 is 2.07 bits per heavy atom. The molecule has 2 aliphatic heterocycles. The van der Waals surface area contributed by atoms with Crippen LogP contribution >= 0.6 is 0 Å². The largest absolute Gasteiger partial charge is 0.368 e. The van der Waals surface area contributed by atoms with Gasteiger partial charge < -0.3 is 25.6 Å². The van der Waals surface area contributed by atoms with E-state index in [0.29, 0.717) is 13.2 Å². The van der Waals surface area contributed by atoms with Crippen molar-refractivity contribution in [1.82, 2.24) is 15.5 Å². The van der Waals surface area contributed by atoms with Gasteiger partial charge in [-0.05, 0) is 56.5 Å². The number of carbonyl (C=O) groups is 1. The van der Waals surface area contributed by atoms with Crippen LogP contribution in [0.1, 0.15) is 37.7 Å². The number of piperidine rings is 1. The number of guanidine groups is 1. The highest BCUT2D eigenvalue weighted by atomic mass is 16.5. The third-order valence-electron chi connectivity index (χ3n) is 5.27. The van der Waals surface area contributed by atoms with E-state index in [2.05, 4.69) is 25.8 Å². The SMILES string of the molecule is CN=C(NCCN1CCCCC1)NCc1cccc(NC(=O)C2CCCO2)c1. The van der Waals surface area contributed by atoms with Crippen LogP contribution in [0.15, 0.2) is 29.3 Å². The zero-order valence-corrected chi connectivity index (χ0v) is 16.9. The summed E-state index contributed by atoms with van der Waals surface area (Å²) in [6.45, 7) is 5.66. The van der Waals surface area contributed by atoms with Crippen molar-refractivity contribution in [3.05, 3.63) is 29.8 Å². The minimum atomic E-state index is -0.315. The molecular weight excluding hydrogens is 354 g/mol. The summed E-state index contributed by atoms with van der Waals surface area (Å²) in [5.74, 6) is 0.739. The molecule has 0 aliphatic carbocycles. The first-order chi connectivity index (χ1) is 13.7. The van der Waals surface area contributed by atoms with E-state index in [4.69, 9.17) is 4.74 Å². The number of hydrogen-bond acceptors (Lipinski definition) is 4. The third-order valence-corrected chi connectivity index (χ3v) is 5.27. The number of benzene rings is 1. The average Bonchev–Trinajstić information content (AvgIpc) is 3.27. The number of hydrogen-bond donors (Lipinski definition) is 3. The molecule has 0 bridgehead atoms. The molecule has 2 aliphatic rings. The van der Waals surface area contributed by atoms with Crippen molar-refractivity contribution in [2.75, 3.05) is 45.2 Å². The summed E-state index contributed by atoms with van der Waals surface area (Å²) in [6, 6.07) is 7.88. The van der Waals surface area contributed by atoms with E-state index < -0.39 is 0 Å².